The molecule has 0 atom stereocenters. The van der Waals surface area contributed by atoms with Crippen molar-refractivity contribution in [3.05, 3.63) is 46.8 Å². The number of nitrogens with zero attached hydrogens (tertiary/aromatic N) is 1. The van der Waals surface area contributed by atoms with Gasteiger partial charge in [0.15, 0.2) is 34.6 Å². The van der Waals surface area contributed by atoms with E-state index >= 15 is 0 Å². The lowest BCUT2D eigenvalue weighted by Gasteiger charge is -2.09. The van der Waals surface area contributed by atoms with Crippen molar-refractivity contribution in [3.63, 3.8) is 0 Å². The van der Waals surface area contributed by atoms with Crippen molar-refractivity contribution in [2.24, 2.45) is 0 Å². The molecule has 0 fully saturated rings. The normalized spacial score (nSPS) is 11.0. The molecule has 7 nitrogen and oxygen atoms in total. The zero-order chi connectivity index (χ0) is 19.4. The summed E-state index contributed by atoms with van der Waals surface area (Å²) in [5, 5.41) is 58.7. The average molecular weight is 376 g/mol. The van der Waals surface area contributed by atoms with Crippen molar-refractivity contribution < 1.29 is 29.9 Å². The van der Waals surface area contributed by atoms with E-state index in [2.05, 4.69) is 5.32 Å². The standard InChI is InChI=1S/C17H13FN2O5S/c18-11-2-8(3-12(21)15(11)24)1-10(6-19)17(26)20-7-9-4-13(22)16(25)14(23)5-9/h1-5,21-25H,7H2,(H,20,26)/b10-1+. The number of rotatable bonds is 4. The van der Waals surface area contributed by atoms with Crippen LogP contribution in [0.5, 0.6) is 28.7 Å². The predicted molar refractivity (Wildman–Crippen MR) is 94.2 cm³/mol. The summed E-state index contributed by atoms with van der Waals surface area (Å²) in [5.41, 5.74) is 0.445. The summed E-state index contributed by atoms with van der Waals surface area (Å²) in [4.78, 5) is -0.00692. The van der Waals surface area contributed by atoms with E-state index < -0.39 is 34.6 Å². The molecule has 26 heavy (non-hydrogen) atoms. The number of phenolic OH excluding ortho intramolecular Hbond substituents is 5. The van der Waals surface area contributed by atoms with Crippen LogP contribution in [0.3, 0.4) is 0 Å². The molecule has 0 aliphatic heterocycles. The second kappa shape index (κ2) is 7.58. The summed E-state index contributed by atoms with van der Waals surface area (Å²) in [6.45, 7) is 0.0223. The van der Waals surface area contributed by atoms with Gasteiger partial charge in [-0.25, -0.2) is 4.39 Å². The Morgan fingerprint density at radius 1 is 1.04 bits per heavy atom. The minimum Gasteiger partial charge on any atom is -0.504 e. The molecule has 0 radical (unpaired) electrons. The third-order valence-corrected chi connectivity index (χ3v) is 3.69. The highest BCUT2D eigenvalue weighted by Gasteiger charge is 2.12. The molecule has 2 aromatic carbocycles. The number of hydrogen-bond acceptors (Lipinski definition) is 7. The lowest BCUT2D eigenvalue weighted by molar-refractivity contribution is 0.367. The number of nitriles is 1. The summed E-state index contributed by atoms with van der Waals surface area (Å²) in [5.74, 6) is -4.31. The summed E-state index contributed by atoms with van der Waals surface area (Å²) in [6.07, 6.45) is 1.21. The monoisotopic (exact) mass is 376 g/mol. The Kier molecular flexibility index (Phi) is 5.49. The van der Waals surface area contributed by atoms with Gasteiger partial charge in [-0.05, 0) is 41.5 Å². The topological polar surface area (TPSA) is 137 Å². The van der Waals surface area contributed by atoms with Gasteiger partial charge in [-0.3, -0.25) is 0 Å². The van der Waals surface area contributed by atoms with Crippen molar-refractivity contribution in [2.45, 2.75) is 6.54 Å². The van der Waals surface area contributed by atoms with Crippen LogP contribution in [-0.2, 0) is 6.54 Å². The molecule has 9 heteroatoms. The van der Waals surface area contributed by atoms with Crippen LogP contribution >= 0.6 is 12.2 Å². The quantitative estimate of drug-likeness (QED) is 0.207. The van der Waals surface area contributed by atoms with E-state index in [1.165, 1.54) is 18.2 Å². The molecule has 0 unspecified atom stereocenters. The highest BCUT2D eigenvalue weighted by atomic mass is 32.1. The van der Waals surface area contributed by atoms with Gasteiger partial charge in [-0.15, -0.1) is 0 Å². The minimum absolute atomic E-state index is 0.00692. The van der Waals surface area contributed by atoms with Crippen LogP contribution in [0.4, 0.5) is 4.39 Å². The zero-order valence-corrected chi connectivity index (χ0v) is 13.9. The molecule has 134 valence electrons. The minimum atomic E-state index is -1.05. The van der Waals surface area contributed by atoms with Crippen LogP contribution < -0.4 is 5.32 Å². The smallest absolute Gasteiger partial charge is 0.200 e. The van der Waals surface area contributed by atoms with E-state index in [4.69, 9.17) is 12.2 Å². The van der Waals surface area contributed by atoms with Crippen molar-refractivity contribution in [3.8, 4) is 34.8 Å². The van der Waals surface area contributed by atoms with Gasteiger partial charge in [0.2, 0.25) is 0 Å². The Bertz CT molecular complexity index is 907. The number of nitrogens with one attached hydrogen (secondary N) is 1. The Morgan fingerprint density at radius 3 is 2.15 bits per heavy atom. The average Bonchev–Trinajstić information content (AvgIpc) is 2.59. The first-order chi connectivity index (χ1) is 12.2. The lowest BCUT2D eigenvalue weighted by atomic mass is 10.1. The van der Waals surface area contributed by atoms with Gasteiger partial charge in [0.05, 0.1) is 5.57 Å². The maximum absolute atomic E-state index is 13.4. The van der Waals surface area contributed by atoms with Gasteiger partial charge in [-0.2, -0.15) is 5.26 Å². The van der Waals surface area contributed by atoms with Crippen LogP contribution in [0, 0.1) is 17.1 Å². The van der Waals surface area contributed by atoms with Crippen molar-refractivity contribution in [1.82, 2.24) is 5.32 Å². The fourth-order valence-electron chi connectivity index (χ4n) is 2.04. The van der Waals surface area contributed by atoms with Crippen LogP contribution in [-0.4, -0.2) is 30.5 Å². The molecule has 0 saturated carbocycles. The van der Waals surface area contributed by atoms with E-state index in [-0.39, 0.29) is 22.7 Å². The second-order valence-electron chi connectivity index (χ2n) is 5.21. The number of halogens is 1. The first-order valence-electron chi connectivity index (χ1n) is 7.08. The largest absolute Gasteiger partial charge is 0.504 e. The molecule has 0 saturated heterocycles. The first kappa shape index (κ1) is 18.8. The molecule has 2 aromatic rings. The number of phenols is 5. The molecule has 6 N–H and O–H groups in total. The van der Waals surface area contributed by atoms with Gasteiger partial charge < -0.3 is 30.8 Å². The molecule has 0 amide bonds. The number of benzene rings is 2. The van der Waals surface area contributed by atoms with E-state index in [9.17, 15) is 35.2 Å². The Morgan fingerprint density at radius 2 is 1.62 bits per heavy atom. The Labute approximate surface area is 152 Å². The van der Waals surface area contributed by atoms with Gasteiger partial charge in [-0.1, -0.05) is 12.2 Å². The van der Waals surface area contributed by atoms with Crippen LogP contribution in [0.2, 0.25) is 0 Å². The lowest BCUT2D eigenvalue weighted by Crippen LogP contribution is -2.22. The van der Waals surface area contributed by atoms with Gasteiger partial charge in [0.25, 0.3) is 0 Å². The third kappa shape index (κ3) is 4.12. The fourth-order valence-corrected chi connectivity index (χ4v) is 2.22. The molecule has 2 rings (SSSR count). The summed E-state index contributed by atoms with van der Waals surface area (Å²) >= 11 is 5.07. The van der Waals surface area contributed by atoms with Crippen molar-refractivity contribution in [2.75, 3.05) is 0 Å². The second-order valence-corrected chi connectivity index (χ2v) is 5.61. The molecule has 0 spiro atoms. The maximum Gasteiger partial charge on any atom is 0.200 e. The maximum atomic E-state index is 13.4. The van der Waals surface area contributed by atoms with Crippen LogP contribution in [0.1, 0.15) is 11.1 Å². The van der Waals surface area contributed by atoms with Gasteiger partial charge in [0.1, 0.15) is 11.1 Å². The van der Waals surface area contributed by atoms with Gasteiger partial charge >= 0.3 is 0 Å². The molecule has 0 aliphatic rings. The zero-order valence-electron chi connectivity index (χ0n) is 13.1. The van der Waals surface area contributed by atoms with Gasteiger partial charge in [0, 0.05) is 6.54 Å². The Hall–Kier alpha value is -3.51. The third-order valence-electron chi connectivity index (χ3n) is 3.32. The SMILES string of the molecule is N#C/C(=C\c1cc(O)c(O)c(F)c1)C(=S)NCc1cc(O)c(O)c(O)c1. The fraction of sp³-hybridized carbons (Fsp3) is 0.0588. The summed E-state index contributed by atoms with van der Waals surface area (Å²) in [6, 6.07) is 6.21. The number of thiocarbonyl (C=S) groups is 1. The van der Waals surface area contributed by atoms with E-state index in [0.29, 0.717) is 5.56 Å². The van der Waals surface area contributed by atoms with E-state index in [1.54, 1.807) is 0 Å². The van der Waals surface area contributed by atoms with Crippen molar-refractivity contribution in [1.29, 1.82) is 5.26 Å². The molecule has 0 aromatic heterocycles. The van der Waals surface area contributed by atoms with Crippen LogP contribution in [0.25, 0.3) is 6.08 Å². The number of aromatic hydroxyl groups is 5. The number of hydrogen-bond donors (Lipinski definition) is 6. The van der Waals surface area contributed by atoms with Crippen molar-refractivity contribution >= 4 is 23.3 Å². The molecule has 0 heterocycles. The molecular weight excluding hydrogens is 363 g/mol. The van der Waals surface area contributed by atoms with E-state index in [0.717, 1.165) is 12.1 Å². The van der Waals surface area contributed by atoms with Crippen LogP contribution in [0.15, 0.2) is 29.8 Å². The molecule has 0 aliphatic carbocycles. The first-order valence-corrected chi connectivity index (χ1v) is 7.49. The molecule has 0 bridgehead atoms. The van der Waals surface area contributed by atoms with E-state index in [1.807, 2.05) is 6.07 Å². The highest BCUT2D eigenvalue weighted by molar-refractivity contribution is 7.80. The summed E-state index contributed by atoms with van der Waals surface area (Å²) < 4.78 is 13.4. The predicted octanol–water partition coefficient (Wildman–Crippen LogP) is 2.38. The summed E-state index contributed by atoms with van der Waals surface area (Å²) in [7, 11) is 0. The highest BCUT2D eigenvalue weighted by Crippen LogP contribution is 2.35. The Balaban J connectivity index is 2.18. The molecular formula is C17H13FN2O5S.